The van der Waals surface area contributed by atoms with Crippen LogP contribution >= 0.6 is 21.6 Å². The minimum Gasteiger partial charge on any atom is -0.356 e. The maximum absolute atomic E-state index is 5.36. The van der Waals surface area contributed by atoms with Crippen molar-refractivity contribution in [1.29, 1.82) is 0 Å². The fourth-order valence-corrected chi connectivity index (χ4v) is 2.65. The molecule has 0 atom stereocenters. The summed E-state index contributed by atoms with van der Waals surface area (Å²) in [5, 5.41) is 1.21. The van der Waals surface area contributed by atoms with Crippen LogP contribution in [0.2, 0.25) is 0 Å². The Balaban J connectivity index is 2.04. The second kappa shape index (κ2) is 5.57. The summed E-state index contributed by atoms with van der Waals surface area (Å²) in [6.45, 7) is 0.790. The first kappa shape index (κ1) is 9.03. The number of H-pyrrole nitrogens is 1. The highest BCUT2D eigenvalue weighted by Crippen LogP contribution is 2.29. The summed E-state index contributed by atoms with van der Waals surface area (Å²) in [6.07, 6.45) is 3.03. The molecule has 1 aromatic rings. The summed E-state index contributed by atoms with van der Waals surface area (Å²) in [5.74, 6) is 1.13. The molecule has 0 saturated heterocycles. The van der Waals surface area contributed by atoms with E-state index in [0.29, 0.717) is 0 Å². The van der Waals surface area contributed by atoms with Crippen LogP contribution in [-0.2, 0) is 0 Å². The zero-order valence-electron chi connectivity index (χ0n) is 6.25. The molecule has 0 radical (unpaired) electrons. The quantitative estimate of drug-likeness (QED) is 0.549. The molecule has 1 heterocycles. The molecule has 0 spiro atoms. The summed E-state index contributed by atoms with van der Waals surface area (Å²) in [6, 6.07) is 4.08. The maximum atomic E-state index is 5.36. The molecule has 11 heavy (non-hydrogen) atoms. The maximum Gasteiger partial charge on any atom is 0.0829 e. The molecule has 4 heteroatoms. The fourth-order valence-electron chi connectivity index (χ4n) is 0.613. The lowest BCUT2D eigenvalue weighted by molar-refractivity contribution is 0.946. The predicted octanol–water partition coefficient (Wildman–Crippen LogP) is 2.10. The third kappa shape index (κ3) is 3.74. The summed E-state index contributed by atoms with van der Waals surface area (Å²) >= 11 is 0. The molecule has 0 bridgehead atoms. The molecule has 1 aromatic heterocycles. The fraction of sp³-hybridized carbons (Fsp3) is 0.429. The van der Waals surface area contributed by atoms with Crippen LogP contribution < -0.4 is 5.73 Å². The van der Waals surface area contributed by atoms with Gasteiger partial charge in [-0.25, -0.2) is 0 Å². The minimum atomic E-state index is 0.790. The molecule has 0 fully saturated rings. The van der Waals surface area contributed by atoms with E-state index in [1.807, 2.05) is 23.1 Å². The molecule has 0 unspecified atom stereocenters. The van der Waals surface area contributed by atoms with Gasteiger partial charge in [-0.3, -0.25) is 0 Å². The summed E-state index contributed by atoms with van der Waals surface area (Å²) in [5.41, 5.74) is 5.36. The van der Waals surface area contributed by atoms with Gasteiger partial charge in [0, 0.05) is 11.9 Å². The normalized spacial score (nSPS) is 10.3. The lowest BCUT2D eigenvalue weighted by Gasteiger charge is -1.95. The van der Waals surface area contributed by atoms with Crippen LogP contribution in [0.3, 0.4) is 0 Å². The Kier molecular flexibility index (Phi) is 4.58. The number of nitrogens with two attached hydrogens (primary N) is 1. The highest BCUT2D eigenvalue weighted by molar-refractivity contribution is 8.76. The molecule has 0 amide bonds. The van der Waals surface area contributed by atoms with E-state index in [4.69, 9.17) is 5.73 Å². The second-order valence-electron chi connectivity index (χ2n) is 2.08. The number of rotatable bonds is 5. The Morgan fingerprint density at radius 3 is 3.09 bits per heavy atom. The van der Waals surface area contributed by atoms with Crippen molar-refractivity contribution in [1.82, 2.24) is 4.98 Å². The molecule has 1 rings (SSSR count). The van der Waals surface area contributed by atoms with Crippen LogP contribution in [0.4, 0.5) is 0 Å². The van der Waals surface area contributed by atoms with Gasteiger partial charge in [0.15, 0.2) is 0 Å². The minimum absolute atomic E-state index is 0.790. The number of nitrogens with one attached hydrogen (secondary N) is 1. The smallest absolute Gasteiger partial charge is 0.0829 e. The molecule has 3 N–H and O–H groups in total. The van der Waals surface area contributed by atoms with Gasteiger partial charge in [0.25, 0.3) is 0 Å². The molecule has 62 valence electrons. The molecule has 0 aliphatic carbocycles. The van der Waals surface area contributed by atoms with Gasteiger partial charge in [-0.2, -0.15) is 0 Å². The number of aromatic amines is 1. The average Bonchev–Trinajstić information content (AvgIpc) is 2.50. The summed E-state index contributed by atoms with van der Waals surface area (Å²) in [7, 11) is 3.61. The first-order valence-corrected chi connectivity index (χ1v) is 5.88. The monoisotopic (exact) mass is 188 g/mol. The van der Waals surface area contributed by atoms with Gasteiger partial charge < -0.3 is 10.7 Å². The Bertz CT molecular complexity index is 175. The van der Waals surface area contributed by atoms with Crippen molar-refractivity contribution in [3.63, 3.8) is 0 Å². The lowest BCUT2D eigenvalue weighted by atomic mass is 10.5. The number of aromatic nitrogens is 1. The summed E-state index contributed by atoms with van der Waals surface area (Å²) < 4.78 is 0. The van der Waals surface area contributed by atoms with E-state index in [1.54, 1.807) is 10.8 Å². The molecule has 0 saturated carbocycles. The summed E-state index contributed by atoms with van der Waals surface area (Å²) in [4.78, 5) is 3.12. The van der Waals surface area contributed by atoms with Crippen molar-refractivity contribution < 1.29 is 0 Å². The van der Waals surface area contributed by atoms with Gasteiger partial charge in [-0.1, -0.05) is 10.8 Å². The van der Waals surface area contributed by atoms with Gasteiger partial charge in [0.2, 0.25) is 0 Å². The van der Waals surface area contributed by atoms with E-state index < -0.39 is 0 Å². The van der Waals surface area contributed by atoms with Crippen molar-refractivity contribution >= 4 is 21.6 Å². The van der Waals surface area contributed by atoms with Crippen LogP contribution in [0.1, 0.15) is 6.42 Å². The van der Waals surface area contributed by atoms with E-state index >= 15 is 0 Å². The van der Waals surface area contributed by atoms with Gasteiger partial charge in [0.05, 0.1) is 5.03 Å². The van der Waals surface area contributed by atoms with Crippen molar-refractivity contribution in [3.8, 4) is 0 Å². The van der Waals surface area contributed by atoms with Crippen LogP contribution in [-0.4, -0.2) is 17.3 Å². The predicted molar refractivity (Wildman–Crippen MR) is 52.8 cm³/mol. The second-order valence-corrected chi connectivity index (χ2v) is 4.54. The third-order valence-electron chi connectivity index (χ3n) is 1.15. The van der Waals surface area contributed by atoms with Crippen molar-refractivity contribution in [3.05, 3.63) is 18.3 Å². The van der Waals surface area contributed by atoms with Crippen LogP contribution in [0.15, 0.2) is 23.4 Å². The zero-order valence-corrected chi connectivity index (χ0v) is 7.88. The van der Waals surface area contributed by atoms with Gasteiger partial charge in [-0.05, 0) is 35.9 Å². The largest absolute Gasteiger partial charge is 0.356 e. The topological polar surface area (TPSA) is 41.8 Å². The van der Waals surface area contributed by atoms with Crippen LogP contribution in [0.5, 0.6) is 0 Å². The molecule has 2 nitrogen and oxygen atoms in total. The molecular formula is C7H12N2S2. The third-order valence-corrected chi connectivity index (χ3v) is 3.55. The van der Waals surface area contributed by atoms with Crippen LogP contribution in [0.25, 0.3) is 0 Å². The molecule has 0 aromatic carbocycles. The van der Waals surface area contributed by atoms with E-state index in [9.17, 15) is 0 Å². The van der Waals surface area contributed by atoms with E-state index in [-0.39, 0.29) is 0 Å². The SMILES string of the molecule is NCCCSSc1ccc[nH]1. The van der Waals surface area contributed by atoms with Crippen molar-refractivity contribution in [2.75, 3.05) is 12.3 Å². The standard InChI is InChI=1S/C7H12N2S2/c8-4-2-6-10-11-7-3-1-5-9-7/h1,3,5,9H,2,4,6,8H2. The number of hydrogen-bond acceptors (Lipinski definition) is 3. The Hall–Kier alpha value is -0.0600. The molecule has 0 aliphatic rings. The van der Waals surface area contributed by atoms with Crippen molar-refractivity contribution in [2.45, 2.75) is 11.4 Å². The van der Waals surface area contributed by atoms with E-state index in [0.717, 1.165) is 18.7 Å². The van der Waals surface area contributed by atoms with Gasteiger partial charge in [-0.15, -0.1) is 0 Å². The van der Waals surface area contributed by atoms with Gasteiger partial charge in [0.1, 0.15) is 0 Å². The molecular weight excluding hydrogens is 176 g/mol. The lowest BCUT2D eigenvalue weighted by Crippen LogP contribution is -1.98. The van der Waals surface area contributed by atoms with Crippen molar-refractivity contribution in [2.24, 2.45) is 5.73 Å². The zero-order chi connectivity index (χ0) is 7.94. The highest BCUT2D eigenvalue weighted by Gasteiger charge is 1.92. The first-order valence-electron chi connectivity index (χ1n) is 3.56. The van der Waals surface area contributed by atoms with Crippen LogP contribution in [0, 0.1) is 0 Å². The average molecular weight is 188 g/mol. The Morgan fingerprint density at radius 1 is 1.55 bits per heavy atom. The van der Waals surface area contributed by atoms with E-state index in [2.05, 4.69) is 11.1 Å². The Labute approximate surface area is 74.7 Å². The Morgan fingerprint density at radius 2 is 2.45 bits per heavy atom. The van der Waals surface area contributed by atoms with E-state index in [1.165, 1.54) is 5.03 Å². The highest BCUT2D eigenvalue weighted by atomic mass is 33.1. The van der Waals surface area contributed by atoms with Gasteiger partial charge >= 0.3 is 0 Å². The number of hydrogen-bond donors (Lipinski definition) is 2. The molecule has 0 aliphatic heterocycles. The first-order chi connectivity index (χ1) is 5.43.